The lowest BCUT2D eigenvalue weighted by molar-refractivity contribution is 0.00695. The van der Waals surface area contributed by atoms with Crippen LogP contribution in [0.4, 0.5) is 0 Å². The first kappa shape index (κ1) is 15.5. The first-order valence-electron chi connectivity index (χ1n) is 6.43. The van der Waals surface area contributed by atoms with Gasteiger partial charge in [0.15, 0.2) is 0 Å². The molecule has 1 rings (SSSR count). The summed E-state index contributed by atoms with van der Waals surface area (Å²) in [5.74, 6) is 2.84. The van der Waals surface area contributed by atoms with E-state index in [-0.39, 0.29) is 5.97 Å². The Morgan fingerprint density at radius 2 is 1.84 bits per heavy atom. The van der Waals surface area contributed by atoms with Gasteiger partial charge >= 0.3 is 5.97 Å². The minimum Gasteiger partial charge on any atom is -0.456 e. The SMILES string of the molecule is CC(C)(C)OC(=O)c1cccc(C#C[Si](C)(C)C)c1. The van der Waals surface area contributed by atoms with Crippen LogP contribution in [0, 0.1) is 11.5 Å². The van der Waals surface area contributed by atoms with Crippen molar-refractivity contribution >= 4 is 14.0 Å². The van der Waals surface area contributed by atoms with Gasteiger partial charge in [-0.15, -0.1) is 5.54 Å². The molecule has 0 aliphatic rings. The third-order valence-electron chi connectivity index (χ3n) is 2.08. The molecule has 0 saturated carbocycles. The van der Waals surface area contributed by atoms with Gasteiger partial charge in [-0.05, 0) is 39.0 Å². The number of rotatable bonds is 1. The van der Waals surface area contributed by atoms with Crippen molar-refractivity contribution in [3.05, 3.63) is 35.4 Å². The van der Waals surface area contributed by atoms with E-state index in [2.05, 4.69) is 31.1 Å². The zero-order chi connectivity index (χ0) is 14.7. The maximum absolute atomic E-state index is 12.0. The van der Waals surface area contributed by atoms with Crippen LogP contribution in [0.25, 0.3) is 0 Å². The number of esters is 1. The Morgan fingerprint density at radius 3 is 2.37 bits per heavy atom. The van der Waals surface area contributed by atoms with Gasteiger partial charge in [0.2, 0.25) is 0 Å². The molecule has 0 heterocycles. The summed E-state index contributed by atoms with van der Waals surface area (Å²) in [4.78, 5) is 12.0. The summed E-state index contributed by atoms with van der Waals surface area (Å²) in [5.41, 5.74) is 4.23. The highest BCUT2D eigenvalue weighted by Gasteiger charge is 2.17. The Balaban J connectivity index is 2.94. The highest BCUT2D eigenvalue weighted by Crippen LogP contribution is 2.13. The first-order valence-corrected chi connectivity index (χ1v) is 9.93. The Hall–Kier alpha value is -1.53. The number of hydrogen-bond donors (Lipinski definition) is 0. The van der Waals surface area contributed by atoms with Crippen molar-refractivity contribution in [1.29, 1.82) is 0 Å². The molecule has 0 unspecified atom stereocenters. The molecule has 0 aliphatic carbocycles. The molecule has 0 atom stereocenters. The monoisotopic (exact) mass is 274 g/mol. The standard InChI is InChI=1S/C16H22O2Si/c1-16(2,3)18-15(17)14-9-7-8-13(12-14)10-11-19(4,5)6/h7-9,12H,1-6H3. The second-order valence-corrected chi connectivity index (χ2v) is 11.3. The van der Waals surface area contributed by atoms with Crippen LogP contribution in [0.5, 0.6) is 0 Å². The van der Waals surface area contributed by atoms with E-state index < -0.39 is 13.7 Å². The first-order chi connectivity index (χ1) is 8.57. The van der Waals surface area contributed by atoms with Gasteiger partial charge in [-0.25, -0.2) is 4.79 Å². The van der Waals surface area contributed by atoms with Crippen LogP contribution in [0.2, 0.25) is 19.6 Å². The van der Waals surface area contributed by atoms with Gasteiger partial charge in [-0.2, -0.15) is 0 Å². The van der Waals surface area contributed by atoms with E-state index in [1.54, 1.807) is 12.1 Å². The lowest BCUT2D eigenvalue weighted by Crippen LogP contribution is -2.23. The van der Waals surface area contributed by atoms with Crippen LogP contribution >= 0.6 is 0 Å². The molecule has 0 saturated heterocycles. The normalized spacial score (nSPS) is 11.5. The van der Waals surface area contributed by atoms with Gasteiger partial charge in [-0.1, -0.05) is 31.6 Å². The van der Waals surface area contributed by atoms with Gasteiger partial charge in [0.05, 0.1) is 5.56 Å². The molecule has 19 heavy (non-hydrogen) atoms. The van der Waals surface area contributed by atoms with Crippen molar-refractivity contribution in [2.45, 2.75) is 46.0 Å². The number of hydrogen-bond acceptors (Lipinski definition) is 2. The third-order valence-corrected chi connectivity index (χ3v) is 2.95. The van der Waals surface area contributed by atoms with Crippen molar-refractivity contribution in [3.8, 4) is 11.5 Å². The highest BCUT2D eigenvalue weighted by atomic mass is 28.3. The Kier molecular flexibility index (Phi) is 4.59. The van der Waals surface area contributed by atoms with E-state index in [0.29, 0.717) is 5.56 Å². The number of ether oxygens (including phenoxy) is 1. The Bertz CT molecular complexity index is 522. The third kappa shape index (κ3) is 6.26. The summed E-state index contributed by atoms with van der Waals surface area (Å²) < 4.78 is 5.35. The average Bonchev–Trinajstić information content (AvgIpc) is 2.23. The Morgan fingerprint density at radius 1 is 1.21 bits per heavy atom. The van der Waals surface area contributed by atoms with Crippen molar-refractivity contribution < 1.29 is 9.53 Å². The maximum atomic E-state index is 12.0. The summed E-state index contributed by atoms with van der Waals surface area (Å²) >= 11 is 0. The summed E-state index contributed by atoms with van der Waals surface area (Å²) in [6, 6.07) is 7.31. The molecule has 102 valence electrons. The molecule has 0 N–H and O–H groups in total. The lowest BCUT2D eigenvalue weighted by Gasteiger charge is -2.19. The largest absolute Gasteiger partial charge is 0.456 e. The molecule has 0 radical (unpaired) electrons. The van der Waals surface area contributed by atoms with E-state index in [1.165, 1.54) is 0 Å². The van der Waals surface area contributed by atoms with Gasteiger partial charge in [-0.3, -0.25) is 0 Å². The van der Waals surface area contributed by atoms with E-state index in [4.69, 9.17) is 4.74 Å². The fourth-order valence-corrected chi connectivity index (χ4v) is 1.84. The topological polar surface area (TPSA) is 26.3 Å². The highest BCUT2D eigenvalue weighted by molar-refractivity contribution is 6.83. The van der Waals surface area contributed by atoms with Gasteiger partial charge in [0.25, 0.3) is 0 Å². The smallest absolute Gasteiger partial charge is 0.338 e. The van der Waals surface area contributed by atoms with E-state index in [1.807, 2.05) is 32.9 Å². The van der Waals surface area contributed by atoms with E-state index in [0.717, 1.165) is 5.56 Å². The van der Waals surface area contributed by atoms with Crippen molar-refractivity contribution in [2.24, 2.45) is 0 Å². The van der Waals surface area contributed by atoms with Crippen LogP contribution < -0.4 is 0 Å². The van der Waals surface area contributed by atoms with Crippen LogP contribution in [0.15, 0.2) is 24.3 Å². The fourth-order valence-electron chi connectivity index (χ4n) is 1.32. The molecular formula is C16H22O2Si. The summed E-state index contributed by atoms with van der Waals surface area (Å²) in [5, 5.41) is 0. The van der Waals surface area contributed by atoms with Crippen LogP contribution in [0.1, 0.15) is 36.7 Å². The quantitative estimate of drug-likeness (QED) is 0.441. The lowest BCUT2D eigenvalue weighted by atomic mass is 10.1. The molecule has 0 bridgehead atoms. The van der Waals surface area contributed by atoms with Gasteiger partial charge in [0, 0.05) is 5.56 Å². The van der Waals surface area contributed by atoms with Crippen molar-refractivity contribution in [3.63, 3.8) is 0 Å². The van der Waals surface area contributed by atoms with Crippen LogP contribution in [-0.4, -0.2) is 19.6 Å². The molecule has 0 aliphatic heterocycles. The average molecular weight is 274 g/mol. The van der Waals surface area contributed by atoms with E-state index >= 15 is 0 Å². The minimum absolute atomic E-state index is 0.302. The maximum Gasteiger partial charge on any atom is 0.338 e. The Labute approximate surface area is 117 Å². The summed E-state index contributed by atoms with van der Waals surface area (Å²) in [6.07, 6.45) is 0. The molecular weight excluding hydrogens is 252 g/mol. The summed E-state index contributed by atoms with van der Waals surface area (Å²) in [7, 11) is -1.40. The van der Waals surface area contributed by atoms with Crippen molar-refractivity contribution in [2.75, 3.05) is 0 Å². The molecule has 2 nitrogen and oxygen atoms in total. The molecule has 3 heteroatoms. The van der Waals surface area contributed by atoms with Crippen molar-refractivity contribution in [1.82, 2.24) is 0 Å². The number of carbonyl (C=O) groups excluding carboxylic acids is 1. The molecule has 1 aromatic rings. The zero-order valence-corrected chi connectivity index (χ0v) is 13.6. The summed E-state index contributed by atoms with van der Waals surface area (Å²) in [6.45, 7) is 12.2. The minimum atomic E-state index is -1.40. The predicted octanol–water partition coefficient (Wildman–Crippen LogP) is 3.87. The molecule has 0 aromatic heterocycles. The molecule has 0 spiro atoms. The molecule has 0 amide bonds. The van der Waals surface area contributed by atoms with E-state index in [9.17, 15) is 4.79 Å². The van der Waals surface area contributed by atoms with Gasteiger partial charge in [0.1, 0.15) is 13.7 Å². The van der Waals surface area contributed by atoms with Crippen LogP contribution in [-0.2, 0) is 4.74 Å². The fraction of sp³-hybridized carbons (Fsp3) is 0.438. The number of benzene rings is 1. The molecule has 1 aromatic carbocycles. The number of carbonyl (C=O) groups is 1. The van der Waals surface area contributed by atoms with Crippen LogP contribution in [0.3, 0.4) is 0 Å². The second-order valence-electron chi connectivity index (χ2n) is 6.58. The van der Waals surface area contributed by atoms with Gasteiger partial charge < -0.3 is 4.74 Å². The molecule has 0 fully saturated rings. The second kappa shape index (κ2) is 5.62. The zero-order valence-electron chi connectivity index (χ0n) is 12.6. The predicted molar refractivity (Wildman–Crippen MR) is 81.8 cm³/mol.